The van der Waals surface area contributed by atoms with Crippen molar-refractivity contribution in [1.29, 1.82) is 0 Å². The minimum Gasteiger partial charge on any atom is -0.478 e. The van der Waals surface area contributed by atoms with Gasteiger partial charge >= 0.3 is 0 Å². The third-order valence-corrected chi connectivity index (χ3v) is 2.60. The van der Waals surface area contributed by atoms with Gasteiger partial charge in [0.15, 0.2) is 17.7 Å². The van der Waals surface area contributed by atoms with Gasteiger partial charge < -0.3 is 4.74 Å². The largest absolute Gasteiger partial charge is 0.478 e. The summed E-state index contributed by atoms with van der Waals surface area (Å²) in [4.78, 5) is 30.9. The van der Waals surface area contributed by atoms with Gasteiger partial charge in [-0.05, 0) is 19.1 Å². The number of para-hydroxylation sites is 1. The summed E-state index contributed by atoms with van der Waals surface area (Å²) in [5.74, 6) is -1.89. The van der Waals surface area contributed by atoms with Crippen LogP contribution >= 0.6 is 0 Å². The highest BCUT2D eigenvalue weighted by Crippen LogP contribution is 2.16. The minimum absolute atomic E-state index is 0.0467. The van der Waals surface area contributed by atoms with Gasteiger partial charge in [-0.2, -0.15) is 0 Å². The lowest BCUT2D eigenvalue weighted by Gasteiger charge is -2.15. The number of hydrogen-bond acceptors (Lipinski definition) is 5. The van der Waals surface area contributed by atoms with Crippen molar-refractivity contribution in [2.45, 2.75) is 13.0 Å². The van der Waals surface area contributed by atoms with E-state index in [0.29, 0.717) is 0 Å². The van der Waals surface area contributed by atoms with Gasteiger partial charge in [0.25, 0.3) is 11.8 Å². The van der Waals surface area contributed by atoms with E-state index in [2.05, 4.69) is 20.8 Å². The Morgan fingerprint density at radius 3 is 2.68 bits per heavy atom. The second-order valence-electron chi connectivity index (χ2n) is 4.22. The van der Waals surface area contributed by atoms with E-state index in [9.17, 15) is 14.0 Å². The van der Waals surface area contributed by atoms with Crippen molar-refractivity contribution in [3.63, 3.8) is 0 Å². The Morgan fingerprint density at radius 1 is 1.23 bits per heavy atom. The van der Waals surface area contributed by atoms with Crippen molar-refractivity contribution >= 4 is 11.8 Å². The van der Waals surface area contributed by atoms with Gasteiger partial charge in [0.1, 0.15) is 5.69 Å². The number of hydrazine groups is 1. The van der Waals surface area contributed by atoms with Crippen LogP contribution in [0.2, 0.25) is 0 Å². The predicted octanol–water partition coefficient (Wildman–Crippen LogP) is 0.844. The molecule has 0 radical (unpaired) electrons. The molecule has 0 saturated heterocycles. The van der Waals surface area contributed by atoms with E-state index in [-0.39, 0.29) is 11.4 Å². The summed E-state index contributed by atoms with van der Waals surface area (Å²) in [7, 11) is 0. The molecular formula is C14H13FN4O3. The van der Waals surface area contributed by atoms with Crippen LogP contribution in [0.25, 0.3) is 0 Å². The normalized spacial score (nSPS) is 11.4. The summed E-state index contributed by atoms with van der Waals surface area (Å²) in [5.41, 5.74) is 4.38. The van der Waals surface area contributed by atoms with Crippen LogP contribution in [0.4, 0.5) is 4.39 Å². The van der Waals surface area contributed by atoms with Crippen LogP contribution in [0.3, 0.4) is 0 Å². The number of ether oxygens (including phenoxy) is 1. The average Bonchev–Trinajstić information content (AvgIpc) is 2.55. The summed E-state index contributed by atoms with van der Waals surface area (Å²) in [6, 6.07) is 5.71. The van der Waals surface area contributed by atoms with Crippen LogP contribution in [0.5, 0.6) is 5.75 Å². The number of amides is 2. The first kappa shape index (κ1) is 15.4. The van der Waals surface area contributed by atoms with E-state index in [4.69, 9.17) is 4.74 Å². The molecule has 0 aliphatic heterocycles. The smallest absolute Gasteiger partial charge is 0.289 e. The lowest BCUT2D eigenvalue weighted by atomic mass is 10.3. The molecule has 2 rings (SSSR count). The maximum atomic E-state index is 13.4. The summed E-state index contributed by atoms with van der Waals surface area (Å²) in [5, 5.41) is 0. The molecule has 0 bridgehead atoms. The van der Waals surface area contributed by atoms with E-state index in [1.165, 1.54) is 43.7 Å². The molecule has 0 saturated carbocycles. The highest BCUT2D eigenvalue weighted by Gasteiger charge is 2.17. The summed E-state index contributed by atoms with van der Waals surface area (Å²) in [6.07, 6.45) is 3.01. The summed E-state index contributed by atoms with van der Waals surface area (Å²) < 4.78 is 18.6. The van der Waals surface area contributed by atoms with Crippen LogP contribution in [0.1, 0.15) is 17.4 Å². The molecule has 8 heteroatoms. The quantitative estimate of drug-likeness (QED) is 0.817. The van der Waals surface area contributed by atoms with Gasteiger partial charge in [-0.1, -0.05) is 12.1 Å². The highest BCUT2D eigenvalue weighted by atomic mass is 19.1. The molecule has 1 aromatic carbocycles. The first-order valence-corrected chi connectivity index (χ1v) is 6.35. The number of carbonyl (C=O) groups is 2. The first-order valence-electron chi connectivity index (χ1n) is 6.35. The maximum Gasteiger partial charge on any atom is 0.289 e. The molecular weight excluding hydrogens is 291 g/mol. The molecule has 1 aromatic heterocycles. The van der Waals surface area contributed by atoms with Crippen LogP contribution in [-0.2, 0) is 4.79 Å². The summed E-state index contributed by atoms with van der Waals surface area (Å²) in [6.45, 7) is 1.43. The molecule has 0 fully saturated rings. The number of benzene rings is 1. The van der Waals surface area contributed by atoms with Crippen LogP contribution in [-0.4, -0.2) is 27.9 Å². The van der Waals surface area contributed by atoms with Gasteiger partial charge in [0.2, 0.25) is 0 Å². The minimum atomic E-state index is -1.00. The van der Waals surface area contributed by atoms with Crippen molar-refractivity contribution in [2.24, 2.45) is 0 Å². The summed E-state index contributed by atoms with van der Waals surface area (Å²) >= 11 is 0. The van der Waals surface area contributed by atoms with Crippen LogP contribution < -0.4 is 15.6 Å². The van der Waals surface area contributed by atoms with E-state index in [0.717, 1.165) is 0 Å². The topological polar surface area (TPSA) is 93.2 Å². The molecule has 2 amide bonds. The monoisotopic (exact) mass is 304 g/mol. The van der Waals surface area contributed by atoms with Gasteiger partial charge in [-0.3, -0.25) is 25.4 Å². The molecule has 0 spiro atoms. The molecule has 0 aliphatic rings. The molecule has 2 N–H and O–H groups in total. The molecule has 2 aromatic rings. The van der Waals surface area contributed by atoms with Gasteiger partial charge in [0.05, 0.1) is 6.20 Å². The zero-order chi connectivity index (χ0) is 15.9. The SMILES string of the molecule is CC(Oc1ccccc1F)C(=O)NNC(=O)c1cnccn1. The lowest BCUT2D eigenvalue weighted by molar-refractivity contribution is -0.128. The van der Waals surface area contributed by atoms with Gasteiger partial charge in [-0.25, -0.2) is 9.37 Å². The van der Waals surface area contributed by atoms with Crippen molar-refractivity contribution in [2.75, 3.05) is 0 Å². The molecule has 1 heterocycles. The standard InChI is InChI=1S/C14H13FN4O3/c1-9(22-12-5-3-2-4-10(12)15)13(20)18-19-14(21)11-8-16-6-7-17-11/h2-9H,1H3,(H,18,20)(H,19,21). The van der Waals surface area contributed by atoms with Crippen LogP contribution in [0.15, 0.2) is 42.9 Å². The molecule has 0 aliphatic carbocycles. The molecule has 22 heavy (non-hydrogen) atoms. The lowest BCUT2D eigenvalue weighted by Crippen LogP contribution is -2.47. The van der Waals surface area contributed by atoms with Crippen molar-refractivity contribution in [1.82, 2.24) is 20.8 Å². The fraction of sp³-hybridized carbons (Fsp3) is 0.143. The second kappa shape index (κ2) is 7.11. The zero-order valence-electron chi connectivity index (χ0n) is 11.6. The molecule has 7 nitrogen and oxygen atoms in total. The van der Waals surface area contributed by atoms with Crippen molar-refractivity contribution in [3.8, 4) is 5.75 Å². The zero-order valence-corrected chi connectivity index (χ0v) is 11.6. The van der Waals surface area contributed by atoms with E-state index < -0.39 is 23.7 Å². The van der Waals surface area contributed by atoms with E-state index in [1.807, 2.05) is 0 Å². The number of rotatable bonds is 4. The Balaban J connectivity index is 1.87. The third kappa shape index (κ3) is 3.98. The Morgan fingerprint density at radius 2 is 2.00 bits per heavy atom. The number of aromatic nitrogens is 2. The number of carbonyl (C=O) groups excluding carboxylic acids is 2. The number of halogens is 1. The third-order valence-electron chi connectivity index (χ3n) is 2.60. The highest BCUT2D eigenvalue weighted by molar-refractivity contribution is 5.93. The maximum absolute atomic E-state index is 13.4. The number of nitrogens with zero attached hydrogens (tertiary/aromatic N) is 2. The predicted molar refractivity (Wildman–Crippen MR) is 74.1 cm³/mol. The van der Waals surface area contributed by atoms with E-state index >= 15 is 0 Å². The van der Waals surface area contributed by atoms with Crippen LogP contribution in [0, 0.1) is 5.82 Å². The molecule has 1 atom stereocenters. The second-order valence-corrected chi connectivity index (χ2v) is 4.22. The molecule has 114 valence electrons. The average molecular weight is 304 g/mol. The first-order chi connectivity index (χ1) is 10.6. The van der Waals surface area contributed by atoms with E-state index in [1.54, 1.807) is 6.07 Å². The Hall–Kier alpha value is -3.03. The fourth-order valence-corrected chi connectivity index (χ4v) is 1.48. The molecule has 1 unspecified atom stereocenters. The van der Waals surface area contributed by atoms with Gasteiger partial charge in [-0.15, -0.1) is 0 Å². The van der Waals surface area contributed by atoms with Crippen molar-refractivity contribution in [3.05, 3.63) is 54.4 Å². The van der Waals surface area contributed by atoms with Gasteiger partial charge in [0, 0.05) is 12.4 Å². The Kier molecular flexibility index (Phi) is 4.97. The number of nitrogens with one attached hydrogen (secondary N) is 2. The number of hydrogen-bond donors (Lipinski definition) is 2. The Labute approximate surface area is 125 Å². The van der Waals surface area contributed by atoms with Crippen molar-refractivity contribution < 1.29 is 18.7 Å². The fourth-order valence-electron chi connectivity index (χ4n) is 1.48. The Bertz CT molecular complexity index is 666.